The van der Waals surface area contributed by atoms with Gasteiger partial charge in [-0.15, -0.1) is 0 Å². The molecular formula is C20H23N3O3. The van der Waals surface area contributed by atoms with E-state index in [-0.39, 0.29) is 11.6 Å². The summed E-state index contributed by atoms with van der Waals surface area (Å²) in [5.41, 5.74) is 0.261. The second-order valence-corrected chi connectivity index (χ2v) is 6.70. The van der Waals surface area contributed by atoms with Crippen molar-refractivity contribution in [3.63, 3.8) is 0 Å². The van der Waals surface area contributed by atoms with E-state index in [0.717, 1.165) is 5.56 Å². The van der Waals surface area contributed by atoms with Crippen molar-refractivity contribution >= 4 is 23.7 Å². The minimum atomic E-state index is -0.635. The van der Waals surface area contributed by atoms with Gasteiger partial charge in [0.2, 0.25) is 5.91 Å². The van der Waals surface area contributed by atoms with Crippen molar-refractivity contribution in [1.29, 1.82) is 0 Å². The van der Waals surface area contributed by atoms with Gasteiger partial charge in [-0.2, -0.15) is 0 Å². The summed E-state index contributed by atoms with van der Waals surface area (Å²) in [5, 5.41) is 5.39. The minimum Gasteiger partial charge on any atom is -0.497 e. The lowest BCUT2D eigenvalue weighted by Crippen LogP contribution is -2.38. The van der Waals surface area contributed by atoms with Gasteiger partial charge in [-0.25, -0.2) is 4.98 Å². The lowest BCUT2D eigenvalue weighted by molar-refractivity contribution is -0.128. The Morgan fingerprint density at radius 1 is 1.08 bits per heavy atom. The Morgan fingerprint density at radius 2 is 1.77 bits per heavy atom. The molecule has 26 heavy (non-hydrogen) atoms. The van der Waals surface area contributed by atoms with Gasteiger partial charge >= 0.3 is 0 Å². The lowest BCUT2D eigenvalue weighted by atomic mass is 9.95. The molecule has 0 radical (unpaired) electrons. The molecule has 0 saturated carbocycles. The normalized spacial score (nSPS) is 11.6. The monoisotopic (exact) mass is 353 g/mol. The van der Waals surface area contributed by atoms with Gasteiger partial charge in [0.05, 0.1) is 7.11 Å². The summed E-state index contributed by atoms with van der Waals surface area (Å²) in [6.45, 7) is 5.35. The average Bonchev–Trinajstić information content (AvgIpc) is 2.61. The van der Waals surface area contributed by atoms with Crippen LogP contribution < -0.4 is 15.4 Å². The number of anilines is 1. The molecular weight excluding hydrogens is 330 g/mol. The lowest BCUT2D eigenvalue weighted by Gasteiger charge is -2.19. The summed E-state index contributed by atoms with van der Waals surface area (Å²) in [6, 6.07) is 12.4. The number of aromatic nitrogens is 1. The molecule has 2 rings (SSSR count). The highest BCUT2D eigenvalue weighted by Crippen LogP contribution is 2.17. The maximum atomic E-state index is 12.6. The number of methoxy groups -OCH3 is 1. The van der Waals surface area contributed by atoms with Crippen molar-refractivity contribution in [2.24, 2.45) is 5.41 Å². The van der Waals surface area contributed by atoms with Crippen molar-refractivity contribution < 1.29 is 14.3 Å². The van der Waals surface area contributed by atoms with Crippen LogP contribution in [0.5, 0.6) is 5.75 Å². The van der Waals surface area contributed by atoms with Gasteiger partial charge in [0.1, 0.15) is 17.3 Å². The third-order valence-electron chi connectivity index (χ3n) is 3.51. The fourth-order valence-electron chi connectivity index (χ4n) is 1.96. The predicted molar refractivity (Wildman–Crippen MR) is 101 cm³/mol. The standard InChI is InChI=1S/C20H23N3O3/c1-20(2,3)19(25)22-16(13-14-8-10-15(26-4)11-9-14)18(24)23-17-7-5-6-12-21-17/h5-13H,1-4H3,(H,22,25)(H,21,23,24)/b16-13+. The van der Waals surface area contributed by atoms with E-state index in [2.05, 4.69) is 15.6 Å². The third-order valence-corrected chi connectivity index (χ3v) is 3.51. The van der Waals surface area contributed by atoms with E-state index in [4.69, 9.17) is 4.74 Å². The van der Waals surface area contributed by atoms with Crippen molar-refractivity contribution in [2.75, 3.05) is 12.4 Å². The molecule has 1 aromatic heterocycles. The number of nitrogens with one attached hydrogen (secondary N) is 2. The van der Waals surface area contributed by atoms with Gasteiger partial charge in [-0.1, -0.05) is 39.0 Å². The van der Waals surface area contributed by atoms with Crippen LogP contribution in [0.25, 0.3) is 6.08 Å². The second-order valence-electron chi connectivity index (χ2n) is 6.70. The molecule has 1 heterocycles. The van der Waals surface area contributed by atoms with Crippen LogP contribution in [0.2, 0.25) is 0 Å². The number of ether oxygens (including phenoxy) is 1. The molecule has 2 aromatic rings. The zero-order valence-corrected chi connectivity index (χ0v) is 15.4. The van der Waals surface area contributed by atoms with Gasteiger partial charge in [-0.05, 0) is 35.9 Å². The van der Waals surface area contributed by atoms with Crippen molar-refractivity contribution in [3.05, 3.63) is 59.9 Å². The van der Waals surface area contributed by atoms with Crippen LogP contribution in [0.3, 0.4) is 0 Å². The van der Waals surface area contributed by atoms with Crippen molar-refractivity contribution in [3.8, 4) is 5.75 Å². The van der Waals surface area contributed by atoms with E-state index in [9.17, 15) is 9.59 Å². The molecule has 2 amide bonds. The van der Waals surface area contributed by atoms with E-state index in [0.29, 0.717) is 11.6 Å². The first-order valence-electron chi connectivity index (χ1n) is 8.19. The third kappa shape index (κ3) is 5.44. The number of carbonyl (C=O) groups excluding carboxylic acids is 2. The van der Waals surface area contributed by atoms with Gasteiger partial charge in [0, 0.05) is 11.6 Å². The topological polar surface area (TPSA) is 80.3 Å². The summed E-state index contributed by atoms with van der Waals surface area (Å²) in [4.78, 5) is 29.1. The van der Waals surface area contributed by atoms with Crippen molar-refractivity contribution in [1.82, 2.24) is 10.3 Å². The highest BCUT2D eigenvalue weighted by molar-refractivity contribution is 6.08. The van der Waals surface area contributed by atoms with E-state index in [1.54, 1.807) is 82.6 Å². The molecule has 0 saturated heterocycles. The minimum absolute atomic E-state index is 0.140. The first-order chi connectivity index (χ1) is 12.3. The number of carbonyl (C=O) groups is 2. The highest BCUT2D eigenvalue weighted by atomic mass is 16.5. The molecule has 0 aliphatic carbocycles. The maximum Gasteiger partial charge on any atom is 0.273 e. The fourth-order valence-corrected chi connectivity index (χ4v) is 1.96. The largest absolute Gasteiger partial charge is 0.497 e. The van der Waals surface area contributed by atoms with E-state index >= 15 is 0 Å². The first-order valence-corrected chi connectivity index (χ1v) is 8.19. The van der Waals surface area contributed by atoms with Crippen LogP contribution in [-0.2, 0) is 9.59 Å². The molecule has 0 aliphatic heterocycles. The van der Waals surface area contributed by atoms with Crippen molar-refractivity contribution in [2.45, 2.75) is 20.8 Å². The molecule has 0 bridgehead atoms. The molecule has 2 N–H and O–H groups in total. The number of hydrogen-bond acceptors (Lipinski definition) is 4. The maximum absolute atomic E-state index is 12.6. The van der Waals surface area contributed by atoms with E-state index < -0.39 is 11.3 Å². The SMILES string of the molecule is COc1ccc(/C=C(/NC(=O)C(C)(C)C)C(=O)Nc2ccccn2)cc1. The van der Waals surface area contributed by atoms with Gasteiger partial charge in [0.15, 0.2) is 0 Å². The molecule has 6 heteroatoms. The molecule has 1 aromatic carbocycles. The molecule has 0 unspecified atom stereocenters. The number of pyridine rings is 1. The van der Waals surface area contributed by atoms with Gasteiger partial charge in [-0.3, -0.25) is 9.59 Å². The Balaban J connectivity index is 2.29. The average molecular weight is 353 g/mol. The van der Waals surface area contributed by atoms with Gasteiger partial charge in [0.25, 0.3) is 5.91 Å². The molecule has 0 aliphatic rings. The molecule has 136 valence electrons. The zero-order chi connectivity index (χ0) is 19.2. The van der Waals surface area contributed by atoms with Gasteiger partial charge < -0.3 is 15.4 Å². The molecule has 0 fully saturated rings. The Bertz CT molecular complexity index is 791. The number of hydrogen-bond donors (Lipinski definition) is 2. The molecule has 0 spiro atoms. The predicted octanol–water partition coefficient (Wildman–Crippen LogP) is 3.23. The quantitative estimate of drug-likeness (QED) is 0.809. The second kappa shape index (κ2) is 8.29. The summed E-state index contributed by atoms with van der Waals surface area (Å²) < 4.78 is 5.13. The summed E-state index contributed by atoms with van der Waals surface area (Å²) in [5.74, 6) is 0.411. The Hall–Kier alpha value is -3.15. The number of benzene rings is 1. The Labute approximate surface area is 153 Å². The smallest absolute Gasteiger partial charge is 0.273 e. The fraction of sp³-hybridized carbons (Fsp3) is 0.250. The number of nitrogens with zero attached hydrogens (tertiary/aromatic N) is 1. The summed E-state index contributed by atoms with van der Waals surface area (Å²) >= 11 is 0. The van der Waals surface area contributed by atoms with Crippen LogP contribution in [0.15, 0.2) is 54.4 Å². The Morgan fingerprint density at radius 3 is 2.31 bits per heavy atom. The van der Waals surface area contributed by atoms with Crippen LogP contribution in [0.4, 0.5) is 5.82 Å². The zero-order valence-electron chi connectivity index (χ0n) is 15.4. The molecule has 6 nitrogen and oxygen atoms in total. The van der Waals surface area contributed by atoms with Crippen LogP contribution in [0, 0.1) is 5.41 Å². The van der Waals surface area contributed by atoms with Crippen LogP contribution in [0.1, 0.15) is 26.3 Å². The number of rotatable bonds is 5. The summed E-state index contributed by atoms with van der Waals surface area (Å²) in [7, 11) is 1.58. The first kappa shape index (κ1) is 19.2. The van der Waals surface area contributed by atoms with Crippen LogP contribution in [-0.4, -0.2) is 23.9 Å². The summed E-state index contributed by atoms with van der Waals surface area (Å²) in [6.07, 6.45) is 3.19. The van der Waals surface area contributed by atoms with Crippen LogP contribution >= 0.6 is 0 Å². The number of amides is 2. The van der Waals surface area contributed by atoms with E-state index in [1.165, 1.54) is 0 Å². The molecule has 0 atom stereocenters. The highest BCUT2D eigenvalue weighted by Gasteiger charge is 2.24. The van der Waals surface area contributed by atoms with E-state index in [1.807, 2.05) is 0 Å². The Kier molecular flexibility index (Phi) is 6.11.